The molecule has 21 heavy (non-hydrogen) atoms. The number of para-hydroxylation sites is 2. The molecule has 0 unspecified atom stereocenters. The van der Waals surface area contributed by atoms with Gasteiger partial charge < -0.3 is 15.1 Å². The Kier molecular flexibility index (Phi) is 3.60. The average Bonchev–Trinajstić information content (AvgIpc) is 2.47. The zero-order valence-electron chi connectivity index (χ0n) is 11.7. The standard InChI is InChI=1S/C15H17N3O3/c19-11-5-7-17(8-6-11)15(21)10-18-9-14(20)16-12-3-1-2-4-13(12)18/h1-4H,5-10H2,(H,16,20). The number of piperidine rings is 1. The molecule has 0 atom stereocenters. The Bertz CT molecular complexity index is 590. The van der Waals surface area contributed by atoms with E-state index >= 15 is 0 Å². The number of hydrogen-bond donors (Lipinski definition) is 1. The predicted molar refractivity (Wildman–Crippen MR) is 78.1 cm³/mol. The van der Waals surface area contributed by atoms with Gasteiger partial charge in [-0.2, -0.15) is 0 Å². The molecule has 0 aromatic heterocycles. The summed E-state index contributed by atoms with van der Waals surface area (Å²) in [6, 6.07) is 7.44. The van der Waals surface area contributed by atoms with E-state index in [4.69, 9.17) is 0 Å². The van der Waals surface area contributed by atoms with Gasteiger partial charge in [0, 0.05) is 25.9 Å². The number of carbonyl (C=O) groups excluding carboxylic acids is 3. The molecule has 1 N–H and O–H groups in total. The number of amides is 2. The molecule has 1 fully saturated rings. The van der Waals surface area contributed by atoms with Crippen molar-refractivity contribution in [3.05, 3.63) is 24.3 Å². The molecule has 1 saturated heterocycles. The first-order valence-electron chi connectivity index (χ1n) is 7.07. The first-order valence-corrected chi connectivity index (χ1v) is 7.07. The van der Waals surface area contributed by atoms with Crippen LogP contribution < -0.4 is 10.2 Å². The van der Waals surface area contributed by atoms with Gasteiger partial charge in [0.2, 0.25) is 11.8 Å². The highest BCUT2D eigenvalue weighted by atomic mass is 16.2. The lowest BCUT2D eigenvalue weighted by atomic mass is 10.1. The second kappa shape index (κ2) is 5.55. The Morgan fingerprint density at radius 3 is 2.62 bits per heavy atom. The summed E-state index contributed by atoms with van der Waals surface area (Å²) in [5.74, 6) is 0.0593. The van der Waals surface area contributed by atoms with E-state index in [2.05, 4.69) is 5.32 Å². The highest BCUT2D eigenvalue weighted by Gasteiger charge is 2.26. The van der Waals surface area contributed by atoms with Crippen LogP contribution in [0.5, 0.6) is 0 Å². The quantitative estimate of drug-likeness (QED) is 0.866. The smallest absolute Gasteiger partial charge is 0.243 e. The van der Waals surface area contributed by atoms with Gasteiger partial charge in [-0.1, -0.05) is 12.1 Å². The van der Waals surface area contributed by atoms with Crippen molar-refractivity contribution >= 4 is 29.0 Å². The fraction of sp³-hybridized carbons (Fsp3) is 0.400. The number of rotatable bonds is 2. The molecule has 6 heteroatoms. The molecule has 0 saturated carbocycles. The van der Waals surface area contributed by atoms with E-state index in [1.807, 2.05) is 24.3 Å². The van der Waals surface area contributed by atoms with Crippen LogP contribution >= 0.6 is 0 Å². The zero-order valence-corrected chi connectivity index (χ0v) is 11.7. The van der Waals surface area contributed by atoms with Crippen molar-refractivity contribution in [3.63, 3.8) is 0 Å². The summed E-state index contributed by atoms with van der Waals surface area (Å²) < 4.78 is 0. The lowest BCUT2D eigenvalue weighted by molar-refractivity contribution is -0.133. The second-order valence-corrected chi connectivity index (χ2v) is 5.34. The van der Waals surface area contributed by atoms with Crippen LogP contribution in [0.25, 0.3) is 0 Å². The molecule has 3 rings (SSSR count). The molecular formula is C15H17N3O3. The summed E-state index contributed by atoms with van der Waals surface area (Å²) in [5, 5.41) is 2.80. The van der Waals surface area contributed by atoms with Crippen LogP contribution in [0.4, 0.5) is 11.4 Å². The summed E-state index contributed by atoms with van der Waals surface area (Å²) >= 11 is 0. The number of Topliss-reactive ketones (excluding diaryl/α,β-unsaturated/α-hetero) is 1. The third-order valence-electron chi connectivity index (χ3n) is 3.85. The normalized spacial score (nSPS) is 18.3. The van der Waals surface area contributed by atoms with Gasteiger partial charge in [0.25, 0.3) is 0 Å². The van der Waals surface area contributed by atoms with Gasteiger partial charge in [0.15, 0.2) is 0 Å². The number of likely N-dealkylation sites (tertiary alicyclic amines) is 1. The molecule has 1 aromatic rings. The SMILES string of the molecule is O=C1CCN(C(=O)CN2CC(=O)Nc3ccccc32)CC1. The van der Waals surface area contributed by atoms with E-state index in [1.165, 1.54) is 0 Å². The molecule has 0 bridgehead atoms. The molecular weight excluding hydrogens is 270 g/mol. The highest BCUT2D eigenvalue weighted by molar-refractivity contribution is 6.02. The van der Waals surface area contributed by atoms with E-state index in [0.29, 0.717) is 25.9 Å². The summed E-state index contributed by atoms with van der Waals surface area (Å²) in [7, 11) is 0. The Hall–Kier alpha value is -2.37. The number of ketones is 1. The van der Waals surface area contributed by atoms with Crippen LogP contribution in [0.3, 0.4) is 0 Å². The molecule has 110 valence electrons. The minimum atomic E-state index is -0.115. The van der Waals surface area contributed by atoms with Crippen molar-refractivity contribution in [3.8, 4) is 0 Å². The second-order valence-electron chi connectivity index (χ2n) is 5.34. The largest absolute Gasteiger partial charge is 0.351 e. The van der Waals surface area contributed by atoms with Crippen LogP contribution in [0.1, 0.15) is 12.8 Å². The van der Waals surface area contributed by atoms with Crippen molar-refractivity contribution < 1.29 is 14.4 Å². The summed E-state index contributed by atoms with van der Waals surface area (Å²) in [6.07, 6.45) is 0.867. The van der Waals surface area contributed by atoms with Crippen LogP contribution in [-0.2, 0) is 14.4 Å². The van der Waals surface area contributed by atoms with Crippen molar-refractivity contribution in [2.75, 3.05) is 36.4 Å². The molecule has 0 spiro atoms. The third kappa shape index (κ3) is 2.89. The van der Waals surface area contributed by atoms with Crippen LogP contribution in [-0.4, -0.2) is 48.7 Å². The fourth-order valence-corrected chi connectivity index (χ4v) is 2.71. The average molecular weight is 287 g/mol. The van der Waals surface area contributed by atoms with E-state index in [0.717, 1.165) is 11.4 Å². The molecule has 2 aliphatic heterocycles. The van der Waals surface area contributed by atoms with E-state index in [9.17, 15) is 14.4 Å². The predicted octanol–water partition coefficient (Wildman–Crippen LogP) is 0.637. The van der Waals surface area contributed by atoms with E-state index in [-0.39, 0.29) is 30.7 Å². The minimum absolute atomic E-state index is 0.0352. The number of fused-ring (bicyclic) bond motifs is 1. The van der Waals surface area contributed by atoms with Gasteiger partial charge >= 0.3 is 0 Å². The van der Waals surface area contributed by atoms with Gasteiger partial charge in [-0.25, -0.2) is 0 Å². The third-order valence-corrected chi connectivity index (χ3v) is 3.85. The maximum Gasteiger partial charge on any atom is 0.243 e. The monoisotopic (exact) mass is 287 g/mol. The molecule has 0 aliphatic carbocycles. The molecule has 1 aromatic carbocycles. The number of benzene rings is 1. The molecule has 2 aliphatic rings. The Morgan fingerprint density at radius 2 is 1.86 bits per heavy atom. The van der Waals surface area contributed by atoms with Crippen molar-refractivity contribution in [1.29, 1.82) is 0 Å². The molecule has 2 amide bonds. The fourth-order valence-electron chi connectivity index (χ4n) is 2.71. The molecule has 2 heterocycles. The maximum absolute atomic E-state index is 12.3. The van der Waals surface area contributed by atoms with Crippen molar-refractivity contribution in [1.82, 2.24) is 4.90 Å². The van der Waals surface area contributed by atoms with Gasteiger partial charge in [-0.3, -0.25) is 14.4 Å². The van der Waals surface area contributed by atoms with Gasteiger partial charge in [-0.15, -0.1) is 0 Å². The number of nitrogens with zero attached hydrogens (tertiary/aromatic N) is 2. The minimum Gasteiger partial charge on any atom is -0.351 e. The van der Waals surface area contributed by atoms with E-state index in [1.54, 1.807) is 9.80 Å². The lowest BCUT2D eigenvalue weighted by Gasteiger charge is -2.33. The molecule has 6 nitrogen and oxygen atoms in total. The van der Waals surface area contributed by atoms with E-state index < -0.39 is 0 Å². The first-order chi connectivity index (χ1) is 10.1. The van der Waals surface area contributed by atoms with Gasteiger partial charge in [0.1, 0.15) is 5.78 Å². The summed E-state index contributed by atoms with van der Waals surface area (Å²) in [4.78, 5) is 38.8. The van der Waals surface area contributed by atoms with Gasteiger partial charge in [-0.05, 0) is 12.1 Å². The van der Waals surface area contributed by atoms with Gasteiger partial charge in [0.05, 0.1) is 24.5 Å². The Balaban J connectivity index is 1.71. The number of nitrogens with one attached hydrogen (secondary N) is 1. The van der Waals surface area contributed by atoms with Crippen LogP contribution in [0, 0.1) is 0 Å². The van der Waals surface area contributed by atoms with Crippen molar-refractivity contribution in [2.24, 2.45) is 0 Å². The molecule has 0 radical (unpaired) electrons. The highest BCUT2D eigenvalue weighted by Crippen LogP contribution is 2.28. The lowest BCUT2D eigenvalue weighted by Crippen LogP contribution is -2.47. The number of carbonyl (C=O) groups is 3. The topological polar surface area (TPSA) is 69.7 Å². The Morgan fingerprint density at radius 1 is 1.14 bits per heavy atom. The van der Waals surface area contributed by atoms with Crippen molar-refractivity contribution in [2.45, 2.75) is 12.8 Å². The first kappa shape index (κ1) is 13.6. The summed E-state index contributed by atoms with van der Waals surface area (Å²) in [5.41, 5.74) is 1.59. The summed E-state index contributed by atoms with van der Waals surface area (Å²) in [6.45, 7) is 1.31. The number of hydrogen-bond acceptors (Lipinski definition) is 4. The maximum atomic E-state index is 12.3. The Labute approximate surface area is 122 Å². The number of anilines is 2. The zero-order chi connectivity index (χ0) is 14.8. The van der Waals surface area contributed by atoms with Crippen LogP contribution in [0.15, 0.2) is 24.3 Å². The van der Waals surface area contributed by atoms with Crippen LogP contribution in [0.2, 0.25) is 0 Å².